The van der Waals surface area contributed by atoms with Crippen LogP contribution in [0, 0.1) is 18.3 Å². The molecule has 14 nitrogen and oxygen atoms in total. The van der Waals surface area contributed by atoms with E-state index < -0.39 is 20.0 Å². The highest BCUT2D eigenvalue weighted by Gasteiger charge is 2.18. The monoisotopic (exact) mass is 676 g/mol. The minimum absolute atomic E-state index is 0.0134. The number of azo groups is 2. The van der Waals surface area contributed by atoms with Gasteiger partial charge in [-0.2, -0.15) is 18.8 Å². The van der Waals surface area contributed by atoms with Gasteiger partial charge in [0, 0.05) is 48.6 Å². The van der Waals surface area contributed by atoms with Crippen LogP contribution in [-0.2, 0) is 24.7 Å². The zero-order valence-corrected chi connectivity index (χ0v) is 27.2. The van der Waals surface area contributed by atoms with Crippen LogP contribution in [0.2, 0.25) is 0 Å². The molecule has 0 aliphatic carbocycles. The molecule has 0 atom stereocenters. The van der Waals surface area contributed by atoms with Crippen molar-refractivity contribution in [3.05, 3.63) is 83.8 Å². The summed E-state index contributed by atoms with van der Waals surface area (Å²) < 4.78 is 60.9. The molecule has 4 rings (SSSR count). The maximum absolute atomic E-state index is 12.0. The number of ether oxygens (including phenoxy) is 1. The molecular formula is C31H32N8O6S2. The van der Waals surface area contributed by atoms with Crippen molar-refractivity contribution in [2.45, 2.75) is 18.2 Å². The van der Waals surface area contributed by atoms with E-state index in [9.17, 15) is 26.7 Å². The van der Waals surface area contributed by atoms with E-state index in [-0.39, 0.29) is 34.3 Å². The first-order valence-corrected chi connectivity index (χ1v) is 17.3. The number of rotatable bonds is 15. The van der Waals surface area contributed by atoms with Gasteiger partial charge in [-0.25, -0.2) is 13.4 Å². The number of hydrogen-bond donors (Lipinski definition) is 3. The third kappa shape index (κ3) is 9.01. The Morgan fingerprint density at radius 2 is 1.53 bits per heavy atom. The molecule has 244 valence electrons. The van der Waals surface area contributed by atoms with Crippen LogP contribution in [0.5, 0.6) is 0 Å². The topological polar surface area (TPSA) is 208 Å². The Morgan fingerprint density at radius 3 is 2.11 bits per heavy atom. The molecule has 0 spiro atoms. The number of anilines is 2. The third-order valence-corrected chi connectivity index (χ3v) is 8.97. The second kappa shape index (κ2) is 15.5. The van der Waals surface area contributed by atoms with Crippen LogP contribution in [0.15, 0.2) is 98.0 Å². The maximum atomic E-state index is 12.0. The van der Waals surface area contributed by atoms with Crippen LogP contribution in [0.25, 0.3) is 10.8 Å². The zero-order chi connectivity index (χ0) is 34.0. The molecule has 0 radical (unpaired) electrons. The Labute approximate surface area is 272 Å². The fourth-order valence-electron chi connectivity index (χ4n) is 4.36. The predicted octanol–water partition coefficient (Wildman–Crippen LogP) is 6.91. The van der Waals surface area contributed by atoms with Crippen LogP contribution in [-0.4, -0.2) is 58.9 Å². The van der Waals surface area contributed by atoms with E-state index in [0.717, 1.165) is 5.41 Å². The van der Waals surface area contributed by atoms with Gasteiger partial charge in [-0.15, -0.1) is 15.3 Å². The summed E-state index contributed by atoms with van der Waals surface area (Å²) in [6, 6.07) is 18.2. The van der Waals surface area contributed by atoms with E-state index in [1.54, 1.807) is 26.2 Å². The zero-order valence-electron chi connectivity index (χ0n) is 25.6. The summed E-state index contributed by atoms with van der Waals surface area (Å²) in [5.74, 6) is 0.339. The number of pyridine rings is 1. The summed E-state index contributed by atoms with van der Waals surface area (Å²) in [5, 5.41) is 35.9. The Morgan fingerprint density at radius 1 is 0.915 bits per heavy atom. The molecule has 0 unspecified atom stereocenters. The summed E-state index contributed by atoms with van der Waals surface area (Å²) in [6.07, 6.45) is 0.673. The number of nitriles is 1. The third-order valence-electron chi connectivity index (χ3n) is 6.82. The quantitative estimate of drug-likeness (QED) is 0.0673. The minimum atomic E-state index is -4.33. The Bertz CT molecular complexity index is 2090. The molecule has 3 N–H and O–H groups in total. The lowest BCUT2D eigenvalue weighted by Gasteiger charge is -2.15. The van der Waals surface area contributed by atoms with Crippen molar-refractivity contribution in [1.29, 1.82) is 5.26 Å². The van der Waals surface area contributed by atoms with Crippen molar-refractivity contribution in [1.82, 2.24) is 4.98 Å². The number of hydrogen-bond acceptors (Lipinski definition) is 13. The number of nitrogens with one attached hydrogen (secondary N) is 2. The number of fused-ring (bicyclic) bond motifs is 1. The van der Waals surface area contributed by atoms with Gasteiger partial charge in [0.25, 0.3) is 10.1 Å². The van der Waals surface area contributed by atoms with E-state index >= 15 is 0 Å². The molecule has 1 heterocycles. The standard InChI is InChI=1S/C31H32N8O6S2/c1-4-46(40,41)19-17-34-31-29(21(2)26(20-32)30(35-31)33-16-7-18-45-3)39-38-28-15-14-27(24-8-5-6-9-25(24)28)37-36-22-10-12-23(13-11-22)47(42,43)44/h4-6,8-15H,1,7,16-19H2,2-3H3,(H2,33,34,35)(H,42,43,44). The molecule has 0 aliphatic heterocycles. The normalized spacial score (nSPS) is 12.0. The van der Waals surface area contributed by atoms with Gasteiger partial charge in [0.15, 0.2) is 15.7 Å². The number of nitrogens with zero attached hydrogens (tertiary/aromatic N) is 6. The van der Waals surface area contributed by atoms with Gasteiger partial charge in [0.1, 0.15) is 17.6 Å². The van der Waals surface area contributed by atoms with Gasteiger partial charge in [-0.05, 0) is 49.7 Å². The molecule has 0 aliphatic rings. The van der Waals surface area contributed by atoms with E-state index in [2.05, 4.69) is 48.7 Å². The molecule has 0 fully saturated rings. The molecule has 16 heteroatoms. The molecular weight excluding hydrogens is 645 g/mol. The predicted molar refractivity (Wildman–Crippen MR) is 180 cm³/mol. The van der Waals surface area contributed by atoms with Crippen molar-refractivity contribution < 1.29 is 26.1 Å². The van der Waals surface area contributed by atoms with E-state index in [4.69, 9.17) is 4.74 Å². The molecule has 0 saturated heterocycles. The van der Waals surface area contributed by atoms with Gasteiger partial charge in [-0.3, -0.25) is 4.55 Å². The van der Waals surface area contributed by atoms with Crippen molar-refractivity contribution >= 4 is 65.1 Å². The maximum Gasteiger partial charge on any atom is 0.294 e. The van der Waals surface area contributed by atoms with Gasteiger partial charge < -0.3 is 15.4 Å². The second-order valence-electron chi connectivity index (χ2n) is 10.0. The molecule has 47 heavy (non-hydrogen) atoms. The molecule has 0 bridgehead atoms. The summed E-state index contributed by atoms with van der Waals surface area (Å²) in [5.41, 5.74) is 2.39. The molecule has 3 aromatic carbocycles. The number of aromatic nitrogens is 1. The summed E-state index contributed by atoms with van der Waals surface area (Å²) in [4.78, 5) is 4.32. The van der Waals surface area contributed by atoms with Crippen molar-refractivity contribution in [3.8, 4) is 6.07 Å². The lowest BCUT2D eigenvalue weighted by Crippen LogP contribution is -2.16. The van der Waals surface area contributed by atoms with Crippen molar-refractivity contribution in [2.75, 3.05) is 43.2 Å². The second-order valence-corrected chi connectivity index (χ2v) is 13.5. The highest BCUT2D eigenvalue weighted by molar-refractivity contribution is 7.94. The van der Waals surface area contributed by atoms with E-state index in [1.165, 1.54) is 24.3 Å². The van der Waals surface area contributed by atoms with Gasteiger partial charge >= 0.3 is 0 Å². The average molecular weight is 677 g/mol. The Hall–Kier alpha value is -5.08. The smallest absolute Gasteiger partial charge is 0.294 e. The fraction of sp³-hybridized carbons (Fsp3) is 0.226. The first-order valence-electron chi connectivity index (χ1n) is 14.2. The van der Waals surface area contributed by atoms with Crippen LogP contribution in [0.4, 0.5) is 34.4 Å². The number of benzene rings is 3. The van der Waals surface area contributed by atoms with Gasteiger partial charge in [0.2, 0.25) is 0 Å². The number of methoxy groups -OCH3 is 1. The molecule has 1 aromatic heterocycles. The fourth-order valence-corrected chi connectivity index (χ4v) is 5.40. The van der Waals surface area contributed by atoms with Crippen molar-refractivity contribution in [3.63, 3.8) is 0 Å². The lowest BCUT2D eigenvalue weighted by molar-refractivity contribution is 0.198. The average Bonchev–Trinajstić information content (AvgIpc) is 3.05. The summed E-state index contributed by atoms with van der Waals surface area (Å²) in [7, 11) is -6.21. The Kier molecular flexibility index (Phi) is 11.5. The van der Waals surface area contributed by atoms with E-state index in [1.807, 2.05) is 24.3 Å². The lowest BCUT2D eigenvalue weighted by atomic mass is 10.1. The summed E-state index contributed by atoms with van der Waals surface area (Å²) in [6.45, 7) is 6.08. The summed E-state index contributed by atoms with van der Waals surface area (Å²) >= 11 is 0. The van der Waals surface area contributed by atoms with Crippen LogP contribution < -0.4 is 10.6 Å². The highest BCUT2D eigenvalue weighted by atomic mass is 32.2. The van der Waals surface area contributed by atoms with E-state index in [0.29, 0.717) is 58.8 Å². The SMILES string of the molecule is C=CS(=O)(=O)CCNc1nc(NCCCOC)c(C#N)c(C)c1N=Nc1ccc(N=Nc2ccc(S(=O)(=O)O)cc2)c2ccccc12. The van der Waals surface area contributed by atoms with Crippen LogP contribution in [0.3, 0.4) is 0 Å². The molecule has 0 saturated carbocycles. The first kappa shape index (κ1) is 34.8. The van der Waals surface area contributed by atoms with Crippen LogP contribution >= 0.6 is 0 Å². The van der Waals surface area contributed by atoms with Crippen LogP contribution in [0.1, 0.15) is 17.5 Å². The molecule has 4 aromatic rings. The largest absolute Gasteiger partial charge is 0.385 e. The molecule has 0 amide bonds. The first-order chi connectivity index (χ1) is 22.5. The highest BCUT2D eigenvalue weighted by Crippen LogP contribution is 2.38. The Balaban J connectivity index is 1.70. The number of sulfone groups is 1. The minimum Gasteiger partial charge on any atom is -0.385 e. The van der Waals surface area contributed by atoms with Crippen molar-refractivity contribution in [2.24, 2.45) is 20.5 Å². The van der Waals surface area contributed by atoms with Gasteiger partial charge in [0.05, 0.1) is 33.3 Å². The van der Waals surface area contributed by atoms with Gasteiger partial charge in [-0.1, -0.05) is 30.8 Å².